The first kappa shape index (κ1) is 16.1. The van der Waals surface area contributed by atoms with E-state index in [9.17, 15) is 4.79 Å². The molecule has 0 unspecified atom stereocenters. The lowest BCUT2D eigenvalue weighted by Crippen LogP contribution is -2.38. The Morgan fingerprint density at radius 2 is 2.22 bits per heavy atom. The molecule has 3 heterocycles. The Labute approximate surface area is 139 Å². The highest BCUT2D eigenvalue weighted by molar-refractivity contribution is 7.10. The van der Waals surface area contributed by atoms with Crippen LogP contribution in [0, 0.1) is 12.8 Å². The second-order valence-corrected chi connectivity index (χ2v) is 6.83. The standard InChI is InChI=1S/C16H21N3O3S/c1-10(13-4-3-9-23-13)15(20)18-14(12-5-7-21-8-6-12)16-17-11(2)19-22-16/h3-4,9-10,12,14H,5-8H2,1-2H3,(H,18,20)/t10-,14-/m0/s1. The zero-order valence-electron chi connectivity index (χ0n) is 13.3. The number of thiophene rings is 1. The molecule has 1 aliphatic heterocycles. The monoisotopic (exact) mass is 335 g/mol. The third kappa shape index (κ3) is 3.79. The van der Waals surface area contributed by atoms with Gasteiger partial charge in [-0.05, 0) is 44.1 Å². The topological polar surface area (TPSA) is 77.2 Å². The van der Waals surface area contributed by atoms with Crippen LogP contribution < -0.4 is 5.32 Å². The van der Waals surface area contributed by atoms with Crippen LogP contribution in [0.3, 0.4) is 0 Å². The number of rotatable bonds is 5. The lowest BCUT2D eigenvalue weighted by atomic mass is 9.91. The molecule has 0 aromatic carbocycles. The van der Waals surface area contributed by atoms with Crippen molar-refractivity contribution in [1.82, 2.24) is 15.5 Å². The molecule has 0 aliphatic carbocycles. The van der Waals surface area contributed by atoms with Crippen molar-refractivity contribution in [3.05, 3.63) is 34.1 Å². The summed E-state index contributed by atoms with van der Waals surface area (Å²) in [6, 6.07) is 3.69. The molecule has 23 heavy (non-hydrogen) atoms. The molecular formula is C16H21N3O3S. The minimum Gasteiger partial charge on any atom is -0.381 e. The van der Waals surface area contributed by atoms with E-state index in [-0.39, 0.29) is 23.8 Å². The van der Waals surface area contributed by atoms with Gasteiger partial charge >= 0.3 is 0 Å². The molecule has 2 aromatic rings. The lowest BCUT2D eigenvalue weighted by molar-refractivity contribution is -0.123. The van der Waals surface area contributed by atoms with Crippen LogP contribution in [-0.4, -0.2) is 29.3 Å². The van der Waals surface area contributed by atoms with E-state index in [4.69, 9.17) is 9.26 Å². The molecule has 7 heteroatoms. The van der Waals surface area contributed by atoms with Gasteiger partial charge in [0.15, 0.2) is 5.82 Å². The first-order valence-corrected chi connectivity index (χ1v) is 8.75. The minimum absolute atomic E-state index is 0.0141. The fourth-order valence-electron chi connectivity index (χ4n) is 2.81. The van der Waals surface area contributed by atoms with Crippen molar-refractivity contribution >= 4 is 17.2 Å². The van der Waals surface area contributed by atoms with Gasteiger partial charge < -0.3 is 14.6 Å². The molecule has 0 spiro atoms. The quantitative estimate of drug-likeness (QED) is 0.909. The van der Waals surface area contributed by atoms with Gasteiger partial charge in [0.1, 0.15) is 6.04 Å². The first-order valence-electron chi connectivity index (χ1n) is 7.87. The fraction of sp³-hybridized carbons (Fsp3) is 0.562. The molecule has 0 saturated carbocycles. The van der Waals surface area contributed by atoms with Gasteiger partial charge in [-0.2, -0.15) is 4.98 Å². The van der Waals surface area contributed by atoms with Crippen LogP contribution >= 0.6 is 11.3 Å². The van der Waals surface area contributed by atoms with Gasteiger partial charge in [0, 0.05) is 18.1 Å². The Hall–Kier alpha value is -1.73. The van der Waals surface area contributed by atoms with Gasteiger partial charge in [0.05, 0.1) is 5.92 Å². The second kappa shape index (κ2) is 7.23. The molecule has 0 radical (unpaired) electrons. The number of aryl methyl sites for hydroxylation is 1. The van der Waals surface area contributed by atoms with Crippen molar-refractivity contribution in [2.24, 2.45) is 5.92 Å². The summed E-state index contributed by atoms with van der Waals surface area (Å²) in [6.07, 6.45) is 1.75. The molecule has 1 fully saturated rings. The van der Waals surface area contributed by atoms with Crippen molar-refractivity contribution in [3.63, 3.8) is 0 Å². The summed E-state index contributed by atoms with van der Waals surface area (Å²) in [4.78, 5) is 18.0. The summed E-state index contributed by atoms with van der Waals surface area (Å²) in [7, 11) is 0. The molecule has 1 amide bonds. The van der Waals surface area contributed by atoms with Crippen molar-refractivity contribution in [2.75, 3.05) is 13.2 Å². The van der Waals surface area contributed by atoms with Crippen LogP contribution in [0.15, 0.2) is 22.0 Å². The molecule has 2 atom stereocenters. The Balaban J connectivity index is 1.76. The van der Waals surface area contributed by atoms with Gasteiger partial charge in [-0.3, -0.25) is 4.79 Å². The zero-order chi connectivity index (χ0) is 16.2. The second-order valence-electron chi connectivity index (χ2n) is 5.85. The molecular weight excluding hydrogens is 314 g/mol. The predicted molar refractivity (Wildman–Crippen MR) is 86.2 cm³/mol. The highest BCUT2D eigenvalue weighted by Crippen LogP contribution is 2.30. The number of hydrogen-bond acceptors (Lipinski definition) is 6. The Morgan fingerprint density at radius 3 is 2.83 bits per heavy atom. The summed E-state index contributed by atoms with van der Waals surface area (Å²) >= 11 is 1.59. The number of carbonyl (C=O) groups is 1. The molecule has 3 rings (SSSR count). The smallest absolute Gasteiger partial charge is 0.249 e. The molecule has 0 bridgehead atoms. The molecule has 2 aromatic heterocycles. The largest absolute Gasteiger partial charge is 0.381 e. The zero-order valence-corrected chi connectivity index (χ0v) is 14.1. The van der Waals surface area contributed by atoms with E-state index in [2.05, 4.69) is 15.5 Å². The number of carbonyl (C=O) groups excluding carboxylic acids is 1. The van der Waals surface area contributed by atoms with Gasteiger partial charge in [-0.25, -0.2) is 0 Å². The van der Waals surface area contributed by atoms with Crippen LogP contribution in [-0.2, 0) is 9.53 Å². The number of nitrogens with zero attached hydrogens (tertiary/aromatic N) is 2. The summed E-state index contributed by atoms with van der Waals surface area (Å²) in [5.74, 6) is 1.11. The van der Waals surface area contributed by atoms with Gasteiger partial charge in [-0.1, -0.05) is 11.2 Å². The lowest BCUT2D eigenvalue weighted by Gasteiger charge is -2.29. The number of hydrogen-bond donors (Lipinski definition) is 1. The van der Waals surface area contributed by atoms with Gasteiger partial charge in [0.25, 0.3) is 0 Å². The SMILES string of the molecule is Cc1noc([C@@H](NC(=O)[C@@H](C)c2cccs2)C2CCOCC2)n1. The van der Waals surface area contributed by atoms with Crippen LogP contribution in [0.2, 0.25) is 0 Å². The predicted octanol–water partition coefficient (Wildman–Crippen LogP) is 2.83. The van der Waals surface area contributed by atoms with Crippen molar-refractivity contribution in [3.8, 4) is 0 Å². The average molecular weight is 335 g/mol. The number of aromatic nitrogens is 2. The normalized spacial score (nSPS) is 18.5. The highest BCUT2D eigenvalue weighted by atomic mass is 32.1. The number of amides is 1. The minimum atomic E-state index is -0.255. The van der Waals surface area contributed by atoms with Crippen LogP contribution in [0.4, 0.5) is 0 Å². The van der Waals surface area contributed by atoms with E-state index < -0.39 is 0 Å². The molecule has 1 aliphatic rings. The highest BCUT2D eigenvalue weighted by Gasteiger charge is 2.32. The first-order chi connectivity index (χ1) is 11.1. The van der Waals surface area contributed by atoms with E-state index in [1.54, 1.807) is 18.3 Å². The summed E-state index contributed by atoms with van der Waals surface area (Å²) in [6.45, 7) is 5.10. The molecule has 1 N–H and O–H groups in total. The fourth-order valence-corrected chi connectivity index (χ4v) is 3.60. The van der Waals surface area contributed by atoms with Gasteiger partial charge in [-0.15, -0.1) is 11.3 Å². The van der Waals surface area contributed by atoms with Crippen molar-refractivity contribution in [2.45, 2.75) is 38.6 Å². The van der Waals surface area contributed by atoms with E-state index in [0.717, 1.165) is 17.7 Å². The molecule has 1 saturated heterocycles. The van der Waals surface area contributed by atoms with E-state index in [1.807, 2.05) is 24.4 Å². The molecule has 6 nitrogen and oxygen atoms in total. The van der Waals surface area contributed by atoms with Gasteiger partial charge in [0.2, 0.25) is 11.8 Å². The number of ether oxygens (including phenoxy) is 1. The van der Waals surface area contributed by atoms with Crippen molar-refractivity contribution < 1.29 is 14.1 Å². The maximum atomic E-state index is 12.6. The third-order valence-corrected chi connectivity index (χ3v) is 5.26. The summed E-state index contributed by atoms with van der Waals surface area (Å²) < 4.78 is 10.8. The Morgan fingerprint density at radius 1 is 1.43 bits per heavy atom. The van der Waals surface area contributed by atoms with Crippen LogP contribution in [0.1, 0.15) is 48.3 Å². The Bertz CT molecular complexity index is 635. The van der Waals surface area contributed by atoms with Crippen molar-refractivity contribution in [1.29, 1.82) is 0 Å². The average Bonchev–Trinajstić information content (AvgIpc) is 3.24. The van der Waals surface area contributed by atoms with E-state index >= 15 is 0 Å². The van der Waals surface area contributed by atoms with Crippen LogP contribution in [0.5, 0.6) is 0 Å². The molecule has 124 valence electrons. The third-order valence-electron chi connectivity index (χ3n) is 4.21. The maximum Gasteiger partial charge on any atom is 0.249 e. The van der Waals surface area contributed by atoms with E-state index in [1.165, 1.54) is 0 Å². The maximum absolute atomic E-state index is 12.6. The van der Waals surface area contributed by atoms with E-state index in [0.29, 0.717) is 24.9 Å². The van der Waals surface area contributed by atoms with Crippen LogP contribution in [0.25, 0.3) is 0 Å². The number of nitrogens with one attached hydrogen (secondary N) is 1. The summed E-state index contributed by atoms with van der Waals surface area (Å²) in [5, 5.41) is 8.97. The Kier molecular flexibility index (Phi) is 5.07. The summed E-state index contributed by atoms with van der Waals surface area (Å²) in [5.41, 5.74) is 0.